The molecule has 0 spiro atoms. The Morgan fingerprint density at radius 1 is 1.38 bits per heavy atom. The second-order valence-electron chi connectivity index (χ2n) is 5.02. The van der Waals surface area contributed by atoms with Gasteiger partial charge in [-0.05, 0) is 43.4 Å². The highest BCUT2D eigenvalue weighted by atomic mass is 16.1. The zero-order chi connectivity index (χ0) is 11.0. The molecule has 16 heavy (non-hydrogen) atoms. The lowest BCUT2D eigenvalue weighted by atomic mass is 9.98. The molecule has 2 aliphatic rings. The number of aromatic nitrogens is 2. The second kappa shape index (κ2) is 3.92. The highest BCUT2D eigenvalue weighted by molar-refractivity contribution is 5.31. The summed E-state index contributed by atoms with van der Waals surface area (Å²) in [5.41, 5.74) is -0.0908. The third-order valence-corrected chi connectivity index (χ3v) is 3.65. The number of rotatable bonds is 5. The maximum absolute atomic E-state index is 11.1. The topological polar surface area (TPSA) is 57.8 Å². The van der Waals surface area contributed by atoms with Gasteiger partial charge in [-0.1, -0.05) is 0 Å². The average molecular weight is 219 g/mol. The molecule has 0 atom stereocenters. The predicted molar refractivity (Wildman–Crippen MR) is 62.3 cm³/mol. The molecule has 2 saturated carbocycles. The second-order valence-corrected chi connectivity index (χ2v) is 5.02. The normalized spacial score (nSPS) is 20.1. The minimum Gasteiger partial charge on any atom is -0.370 e. The molecule has 0 aliphatic heterocycles. The molecule has 1 aromatic rings. The van der Waals surface area contributed by atoms with E-state index in [2.05, 4.69) is 15.3 Å². The highest BCUT2D eigenvalue weighted by Crippen LogP contribution is 2.49. The van der Waals surface area contributed by atoms with Crippen LogP contribution in [-0.2, 0) is 0 Å². The van der Waals surface area contributed by atoms with Crippen molar-refractivity contribution >= 4 is 5.82 Å². The van der Waals surface area contributed by atoms with Gasteiger partial charge < -0.3 is 10.3 Å². The summed E-state index contributed by atoms with van der Waals surface area (Å²) < 4.78 is 0. The highest BCUT2D eigenvalue weighted by Gasteiger charge is 2.40. The maximum Gasteiger partial charge on any atom is 0.252 e. The van der Waals surface area contributed by atoms with Crippen LogP contribution in [0.3, 0.4) is 0 Å². The Bertz CT molecular complexity index is 408. The Morgan fingerprint density at radius 3 is 2.62 bits per heavy atom. The van der Waals surface area contributed by atoms with Crippen LogP contribution < -0.4 is 10.9 Å². The zero-order valence-corrected chi connectivity index (χ0v) is 9.28. The fourth-order valence-electron chi connectivity index (χ4n) is 2.45. The van der Waals surface area contributed by atoms with Gasteiger partial charge in [0.2, 0.25) is 0 Å². The van der Waals surface area contributed by atoms with E-state index >= 15 is 0 Å². The van der Waals surface area contributed by atoms with Gasteiger partial charge in [-0.25, -0.2) is 4.98 Å². The summed E-state index contributed by atoms with van der Waals surface area (Å²) in [5.74, 6) is 3.38. The SMILES string of the molecule is O=c1cc(NCC(C2CC2)C2CC2)nc[nH]1. The van der Waals surface area contributed by atoms with Gasteiger partial charge in [-0.3, -0.25) is 4.79 Å². The molecule has 2 fully saturated rings. The van der Waals surface area contributed by atoms with Gasteiger partial charge in [-0.2, -0.15) is 0 Å². The molecule has 0 radical (unpaired) electrons. The van der Waals surface area contributed by atoms with E-state index in [9.17, 15) is 4.79 Å². The molecule has 0 bridgehead atoms. The van der Waals surface area contributed by atoms with E-state index in [0.29, 0.717) is 5.82 Å². The van der Waals surface area contributed by atoms with Crippen LogP contribution in [0, 0.1) is 17.8 Å². The number of nitrogens with one attached hydrogen (secondary N) is 2. The summed E-state index contributed by atoms with van der Waals surface area (Å²) in [6.07, 6.45) is 7.03. The molecule has 4 nitrogen and oxygen atoms in total. The van der Waals surface area contributed by atoms with Crippen molar-refractivity contribution in [3.63, 3.8) is 0 Å². The van der Waals surface area contributed by atoms with E-state index in [1.165, 1.54) is 38.1 Å². The Morgan fingerprint density at radius 2 is 2.06 bits per heavy atom. The standard InChI is InChI=1S/C12H17N3O/c16-12-5-11(14-7-15-12)13-6-10(8-1-2-8)9-3-4-9/h5,7-10H,1-4,6H2,(H2,13,14,15,16). The lowest BCUT2D eigenvalue weighted by Crippen LogP contribution is -2.19. The van der Waals surface area contributed by atoms with Crippen LogP contribution >= 0.6 is 0 Å². The van der Waals surface area contributed by atoms with E-state index in [0.717, 1.165) is 24.3 Å². The smallest absolute Gasteiger partial charge is 0.252 e. The van der Waals surface area contributed by atoms with E-state index in [-0.39, 0.29) is 5.56 Å². The van der Waals surface area contributed by atoms with Crippen LogP contribution in [0.1, 0.15) is 25.7 Å². The largest absolute Gasteiger partial charge is 0.370 e. The van der Waals surface area contributed by atoms with Gasteiger partial charge in [0.25, 0.3) is 5.56 Å². The molecule has 2 aliphatic carbocycles. The van der Waals surface area contributed by atoms with E-state index in [1.807, 2.05) is 0 Å². The van der Waals surface area contributed by atoms with Crippen molar-refractivity contribution in [2.24, 2.45) is 17.8 Å². The summed E-state index contributed by atoms with van der Waals surface area (Å²) in [7, 11) is 0. The Balaban J connectivity index is 1.60. The van der Waals surface area contributed by atoms with Crippen molar-refractivity contribution < 1.29 is 0 Å². The number of aromatic amines is 1. The van der Waals surface area contributed by atoms with Crippen molar-refractivity contribution in [2.45, 2.75) is 25.7 Å². The molecular weight excluding hydrogens is 202 g/mol. The van der Waals surface area contributed by atoms with E-state index < -0.39 is 0 Å². The van der Waals surface area contributed by atoms with Gasteiger partial charge >= 0.3 is 0 Å². The van der Waals surface area contributed by atoms with Gasteiger partial charge in [-0.15, -0.1) is 0 Å². The predicted octanol–water partition coefficient (Wildman–Crippen LogP) is 1.62. The van der Waals surface area contributed by atoms with Crippen molar-refractivity contribution in [1.82, 2.24) is 9.97 Å². The number of H-pyrrole nitrogens is 1. The molecule has 0 aromatic carbocycles. The van der Waals surface area contributed by atoms with Gasteiger partial charge in [0.05, 0.1) is 6.33 Å². The van der Waals surface area contributed by atoms with Gasteiger partial charge in [0.15, 0.2) is 0 Å². The fourth-order valence-corrected chi connectivity index (χ4v) is 2.45. The van der Waals surface area contributed by atoms with Gasteiger partial charge in [0, 0.05) is 12.6 Å². The first-order valence-corrected chi connectivity index (χ1v) is 6.11. The van der Waals surface area contributed by atoms with Crippen LogP contribution in [0.4, 0.5) is 5.82 Å². The van der Waals surface area contributed by atoms with Crippen molar-refractivity contribution in [2.75, 3.05) is 11.9 Å². The summed E-state index contributed by atoms with van der Waals surface area (Å²) in [6.45, 7) is 0.978. The molecule has 86 valence electrons. The molecule has 0 saturated heterocycles. The van der Waals surface area contributed by atoms with Crippen LogP contribution in [0.2, 0.25) is 0 Å². The Labute approximate surface area is 94.5 Å². The molecular formula is C12H17N3O. The number of hydrogen-bond donors (Lipinski definition) is 2. The molecule has 3 rings (SSSR count). The van der Waals surface area contributed by atoms with E-state index in [1.54, 1.807) is 0 Å². The quantitative estimate of drug-likeness (QED) is 0.791. The van der Waals surface area contributed by atoms with Crippen molar-refractivity contribution in [3.8, 4) is 0 Å². The zero-order valence-electron chi connectivity index (χ0n) is 9.28. The lowest BCUT2D eigenvalue weighted by molar-refractivity contribution is 0.427. The average Bonchev–Trinajstić information content (AvgIpc) is 3.13. The first kappa shape index (κ1) is 9.87. The van der Waals surface area contributed by atoms with Crippen LogP contribution in [0.5, 0.6) is 0 Å². The monoisotopic (exact) mass is 219 g/mol. The number of nitrogens with zero attached hydrogens (tertiary/aromatic N) is 1. The molecule has 1 aromatic heterocycles. The number of hydrogen-bond acceptors (Lipinski definition) is 3. The first-order valence-electron chi connectivity index (χ1n) is 6.11. The maximum atomic E-state index is 11.1. The lowest BCUT2D eigenvalue weighted by Gasteiger charge is -2.16. The van der Waals surface area contributed by atoms with E-state index in [4.69, 9.17) is 0 Å². The van der Waals surface area contributed by atoms with Gasteiger partial charge in [0.1, 0.15) is 5.82 Å². The molecule has 1 heterocycles. The summed E-state index contributed by atoms with van der Waals surface area (Å²) >= 11 is 0. The van der Waals surface area contributed by atoms with Crippen LogP contribution in [-0.4, -0.2) is 16.5 Å². The Hall–Kier alpha value is -1.32. The third-order valence-electron chi connectivity index (χ3n) is 3.65. The van der Waals surface area contributed by atoms with Crippen molar-refractivity contribution in [3.05, 3.63) is 22.7 Å². The molecule has 0 amide bonds. The minimum absolute atomic E-state index is 0.0908. The number of anilines is 1. The van der Waals surface area contributed by atoms with Crippen molar-refractivity contribution in [1.29, 1.82) is 0 Å². The molecule has 0 unspecified atom stereocenters. The summed E-state index contributed by atoms with van der Waals surface area (Å²) in [4.78, 5) is 17.7. The third kappa shape index (κ3) is 2.26. The van der Waals surface area contributed by atoms with Crippen LogP contribution in [0.15, 0.2) is 17.2 Å². The van der Waals surface area contributed by atoms with Crippen LogP contribution in [0.25, 0.3) is 0 Å². The first-order chi connectivity index (χ1) is 7.83. The Kier molecular flexibility index (Phi) is 2.42. The molecule has 4 heteroatoms. The summed E-state index contributed by atoms with van der Waals surface area (Å²) in [5, 5.41) is 3.30. The summed E-state index contributed by atoms with van der Waals surface area (Å²) in [6, 6.07) is 1.52. The minimum atomic E-state index is -0.0908. The molecule has 2 N–H and O–H groups in total. The fraction of sp³-hybridized carbons (Fsp3) is 0.667.